The lowest BCUT2D eigenvalue weighted by Gasteiger charge is -2.26. The third kappa shape index (κ3) is 2.39. The Morgan fingerprint density at radius 1 is 1.16 bits per heavy atom. The lowest BCUT2D eigenvalue weighted by Crippen LogP contribution is -2.22. The van der Waals surface area contributed by atoms with Crippen molar-refractivity contribution < 1.29 is 5.11 Å². The number of aliphatic hydroxyl groups is 1. The molecule has 1 aromatic heterocycles. The normalized spacial score (nSPS) is 17.8. The highest BCUT2D eigenvalue weighted by Crippen LogP contribution is 2.39. The van der Waals surface area contributed by atoms with Crippen LogP contribution >= 0.6 is 27.3 Å². The minimum atomic E-state index is -0.917. The van der Waals surface area contributed by atoms with Gasteiger partial charge in [0.1, 0.15) is 5.60 Å². The first kappa shape index (κ1) is 13.3. The zero-order valence-corrected chi connectivity index (χ0v) is 13.4. The highest BCUT2D eigenvalue weighted by Gasteiger charge is 2.29. The van der Waals surface area contributed by atoms with Gasteiger partial charge in [-0.3, -0.25) is 0 Å². The third-order valence-corrected chi connectivity index (χ3v) is 6.02. The summed E-state index contributed by atoms with van der Waals surface area (Å²) in [5.41, 5.74) is 2.95. The fourth-order valence-corrected chi connectivity index (χ4v) is 4.65. The van der Waals surface area contributed by atoms with Gasteiger partial charge in [-0.15, -0.1) is 11.3 Å². The number of aryl methyl sites for hydroxylation is 2. The van der Waals surface area contributed by atoms with E-state index in [4.69, 9.17) is 0 Å². The molecule has 3 heteroatoms. The fourth-order valence-electron chi connectivity index (χ4n) is 2.81. The zero-order chi connectivity index (χ0) is 13.5. The fraction of sp³-hybridized carbons (Fsp3) is 0.375. The number of hydrogen-bond donors (Lipinski definition) is 1. The SMILES string of the molecule is CC(O)(c1ccc2c(c1)CCCC2)c1sccc1Br. The van der Waals surface area contributed by atoms with Gasteiger partial charge in [0.2, 0.25) is 0 Å². The first-order valence-corrected chi connectivity index (χ1v) is 8.34. The molecule has 0 amide bonds. The largest absolute Gasteiger partial charge is 0.380 e. The Balaban J connectivity index is 2.04. The Bertz CT molecular complexity index is 601. The van der Waals surface area contributed by atoms with Crippen LogP contribution in [0.25, 0.3) is 0 Å². The Morgan fingerprint density at radius 3 is 2.58 bits per heavy atom. The second-order valence-electron chi connectivity index (χ2n) is 5.36. The van der Waals surface area contributed by atoms with E-state index in [0.29, 0.717) is 0 Å². The monoisotopic (exact) mass is 336 g/mol. The molecular formula is C16H17BrOS. The molecule has 100 valence electrons. The van der Waals surface area contributed by atoms with Crippen molar-refractivity contribution in [2.24, 2.45) is 0 Å². The van der Waals surface area contributed by atoms with Crippen LogP contribution in [0.2, 0.25) is 0 Å². The van der Waals surface area contributed by atoms with Crippen LogP contribution in [0.4, 0.5) is 0 Å². The van der Waals surface area contributed by atoms with Gasteiger partial charge in [0, 0.05) is 4.47 Å². The molecule has 0 aliphatic heterocycles. The molecular weight excluding hydrogens is 320 g/mol. The molecule has 1 unspecified atom stereocenters. The summed E-state index contributed by atoms with van der Waals surface area (Å²) in [6, 6.07) is 8.46. The van der Waals surface area contributed by atoms with E-state index < -0.39 is 5.60 Å². The molecule has 1 N–H and O–H groups in total. The quantitative estimate of drug-likeness (QED) is 0.846. The second-order valence-corrected chi connectivity index (χ2v) is 7.13. The highest BCUT2D eigenvalue weighted by atomic mass is 79.9. The Labute approximate surface area is 126 Å². The number of fused-ring (bicyclic) bond motifs is 1. The van der Waals surface area contributed by atoms with Crippen LogP contribution in [-0.2, 0) is 18.4 Å². The van der Waals surface area contributed by atoms with Gasteiger partial charge in [0.05, 0.1) is 4.88 Å². The van der Waals surface area contributed by atoms with Crippen molar-refractivity contribution in [1.29, 1.82) is 0 Å². The van der Waals surface area contributed by atoms with Gasteiger partial charge >= 0.3 is 0 Å². The summed E-state index contributed by atoms with van der Waals surface area (Å²) in [6.07, 6.45) is 4.88. The van der Waals surface area contributed by atoms with Crippen molar-refractivity contribution in [2.75, 3.05) is 0 Å². The second kappa shape index (κ2) is 5.04. The van der Waals surface area contributed by atoms with Crippen LogP contribution in [0.1, 0.15) is 41.3 Å². The Morgan fingerprint density at radius 2 is 1.89 bits per heavy atom. The van der Waals surface area contributed by atoms with Gasteiger partial charge in [-0.05, 0) is 76.7 Å². The van der Waals surface area contributed by atoms with E-state index in [9.17, 15) is 5.11 Å². The summed E-state index contributed by atoms with van der Waals surface area (Å²) in [4.78, 5) is 0.975. The average molecular weight is 337 g/mol. The van der Waals surface area contributed by atoms with Gasteiger partial charge in [-0.2, -0.15) is 0 Å². The number of hydrogen-bond acceptors (Lipinski definition) is 2. The molecule has 1 atom stereocenters. The maximum absolute atomic E-state index is 10.9. The van der Waals surface area contributed by atoms with E-state index in [2.05, 4.69) is 34.1 Å². The number of thiophene rings is 1. The van der Waals surface area contributed by atoms with Crippen LogP contribution in [0.15, 0.2) is 34.1 Å². The number of halogens is 1. The first-order valence-electron chi connectivity index (χ1n) is 6.67. The van der Waals surface area contributed by atoms with Gasteiger partial charge in [-0.1, -0.05) is 18.2 Å². The summed E-state index contributed by atoms with van der Waals surface area (Å²) in [5, 5.41) is 12.9. The summed E-state index contributed by atoms with van der Waals surface area (Å²) in [7, 11) is 0. The van der Waals surface area contributed by atoms with E-state index >= 15 is 0 Å². The predicted molar refractivity (Wildman–Crippen MR) is 83.8 cm³/mol. The predicted octanol–water partition coefficient (Wildman–Crippen LogP) is 4.65. The highest BCUT2D eigenvalue weighted by molar-refractivity contribution is 9.10. The Kier molecular flexibility index (Phi) is 3.54. The number of benzene rings is 1. The van der Waals surface area contributed by atoms with E-state index in [1.165, 1.54) is 30.4 Å². The van der Waals surface area contributed by atoms with Crippen molar-refractivity contribution in [3.63, 3.8) is 0 Å². The lowest BCUT2D eigenvalue weighted by atomic mass is 9.86. The van der Waals surface area contributed by atoms with Gasteiger partial charge in [-0.25, -0.2) is 0 Å². The molecule has 1 heterocycles. The molecule has 2 aromatic rings. The molecule has 0 radical (unpaired) electrons. The van der Waals surface area contributed by atoms with Crippen LogP contribution in [0.3, 0.4) is 0 Å². The first-order chi connectivity index (χ1) is 9.09. The molecule has 0 saturated carbocycles. The summed E-state index contributed by atoms with van der Waals surface area (Å²) in [6.45, 7) is 1.88. The standard InChI is InChI=1S/C16H17BrOS/c1-16(18,15-14(17)8-9-19-15)13-7-6-11-4-2-3-5-12(11)10-13/h6-10,18H,2-5H2,1H3. The molecule has 1 nitrogen and oxygen atoms in total. The van der Waals surface area contributed by atoms with Gasteiger partial charge in [0.25, 0.3) is 0 Å². The van der Waals surface area contributed by atoms with E-state index in [1.54, 1.807) is 11.3 Å². The topological polar surface area (TPSA) is 20.2 Å². The van der Waals surface area contributed by atoms with Crippen LogP contribution in [0.5, 0.6) is 0 Å². The smallest absolute Gasteiger partial charge is 0.122 e. The molecule has 19 heavy (non-hydrogen) atoms. The average Bonchev–Trinajstić information content (AvgIpc) is 2.85. The van der Waals surface area contributed by atoms with Crippen LogP contribution < -0.4 is 0 Å². The van der Waals surface area contributed by atoms with Gasteiger partial charge in [0.15, 0.2) is 0 Å². The van der Waals surface area contributed by atoms with Crippen molar-refractivity contribution in [3.8, 4) is 0 Å². The summed E-state index contributed by atoms with van der Waals surface area (Å²) < 4.78 is 0.986. The molecule has 1 aliphatic carbocycles. The van der Waals surface area contributed by atoms with Gasteiger partial charge < -0.3 is 5.11 Å². The van der Waals surface area contributed by atoms with Crippen molar-refractivity contribution in [3.05, 3.63) is 55.7 Å². The van der Waals surface area contributed by atoms with Crippen LogP contribution in [0, 0.1) is 0 Å². The van der Waals surface area contributed by atoms with E-state index in [-0.39, 0.29) is 0 Å². The Hall–Kier alpha value is -0.640. The maximum atomic E-state index is 10.9. The molecule has 0 spiro atoms. The molecule has 0 fully saturated rings. The summed E-state index contributed by atoms with van der Waals surface area (Å²) in [5.74, 6) is 0. The van der Waals surface area contributed by atoms with Crippen molar-refractivity contribution >= 4 is 27.3 Å². The zero-order valence-electron chi connectivity index (χ0n) is 10.9. The molecule has 1 aliphatic rings. The van der Waals surface area contributed by atoms with E-state index in [1.807, 2.05) is 18.4 Å². The molecule has 3 rings (SSSR count). The third-order valence-electron chi connectivity index (χ3n) is 3.97. The molecule has 1 aromatic carbocycles. The van der Waals surface area contributed by atoms with Crippen LogP contribution in [-0.4, -0.2) is 5.11 Å². The molecule has 0 saturated heterocycles. The van der Waals surface area contributed by atoms with Crippen molar-refractivity contribution in [1.82, 2.24) is 0 Å². The number of rotatable bonds is 2. The molecule has 0 bridgehead atoms. The maximum Gasteiger partial charge on any atom is 0.122 e. The minimum Gasteiger partial charge on any atom is -0.380 e. The minimum absolute atomic E-state index is 0.917. The van der Waals surface area contributed by atoms with E-state index in [0.717, 1.165) is 21.3 Å². The van der Waals surface area contributed by atoms with Crippen molar-refractivity contribution in [2.45, 2.75) is 38.2 Å². The lowest BCUT2D eigenvalue weighted by molar-refractivity contribution is 0.105. The summed E-state index contributed by atoms with van der Waals surface area (Å²) >= 11 is 5.12.